The molecule has 8 nitrogen and oxygen atoms in total. The molecule has 0 unspecified atom stereocenters. The Hall–Kier alpha value is -3.10. The number of hydrogen-bond acceptors (Lipinski definition) is 6. The monoisotopic (exact) mass is 400 g/mol. The van der Waals surface area contributed by atoms with Crippen molar-refractivity contribution in [1.29, 1.82) is 0 Å². The van der Waals surface area contributed by atoms with Crippen molar-refractivity contribution >= 4 is 22.7 Å². The number of aromatic amines is 1. The lowest BCUT2D eigenvalue weighted by Crippen LogP contribution is -2.47. The molecule has 3 aromatic rings. The number of halogens is 1. The fourth-order valence-electron chi connectivity index (χ4n) is 3.62. The predicted molar refractivity (Wildman–Crippen MR) is 111 cm³/mol. The number of aromatic nitrogens is 4. The van der Waals surface area contributed by atoms with Crippen LogP contribution in [-0.2, 0) is 5.54 Å². The van der Waals surface area contributed by atoms with Crippen molar-refractivity contribution in [3.05, 3.63) is 40.6 Å². The second-order valence-electron chi connectivity index (χ2n) is 8.14. The number of fused-ring (bicyclic) bond motifs is 1. The number of anilines is 2. The summed E-state index contributed by atoms with van der Waals surface area (Å²) in [5.41, 5.74) is 0.968. The summed E-state index contributed by atoms with van der Waals surface area (Å²) in [5, 5.41) is 4.84. The number of rotatable bonds is 3. The first-order valence-corrected chi connectivity index (χ1v) is 9.60. The summed E-state index contributed by atoms with van der Waals surface area (Å²) in [6.45, 7) is 8.80. The van der Waals surface area contributed by atoms with Gasteiger partial charge in [0.25, 0.3) is 5.56 Å². The number of methoxy groups -OCH3 is 1. The van der Waals surface area contributed by atoms with Crippen molar-refractivity contribution in [1.82, 2.24) is 19.7 Å². The zero-order valence-corrected chi connectivity index (χ0v) is 17.1. The van der Waals surface area contributed by atoms with Gasteiger partial charge in [0.1, 0.15) is 17.0 Å². The number of benzene rings is 1. The van der Waals surface area contributed by atoms with Gasteiger partial charge in [-0.05, 0) is 32.9 Å². The van der Waals surface area contributed by atoms with E-state index in [1.54, 1.807) is 16.9 Å². The average molecular weight is 400 g/mol. The van der Waals surface area contributed by atoms with E-state index < -0.39 is 0 Å². The van der Waals surface area contributed by atoms with Gasteiger partial charge in [-0.15, -0.1) is 0 Å². The maximum absolute atomic E-state index is 13.5. The van der Waals surface area contributed by atoms with E-state index in [4.69, 9.17) is 9.72 Å². The minimum absolute atomic E-state index is 0.192. The van der Waals surface area contributed by atoms with Gasteiger partial charge in [0, 0.05) is 32.2 Å². The summed E-state index contributed by atoms with van der Waals surface area (Å²) in [4.78, 5) is 24.3. The highest BCUT2D eigenvalue weighted by molar-refractivity contribution is 5.75. The second kappa shape index (κ2) is 7.06. The van der Waals surface area contributed by atoms with Crippen LogP contribution < -0.4 is 20.1 Å². The third kappa shape index (κ3) is 3.52. The lowest BCUT2D eigenvalue weighted by Gasteiger charge is -2.36. The fourth-order valence-corrected chi connectivity index (χ4v) is 3.62. The van der Waals surface area contributed by atoms with E-state index >= 15 is 0 Å². The molecule has 4 rings (SSSR count). The van der Waals surface area contributed by atoms with Gasteiger partial charge in [0.15, 0.2) is 5.65 Å². The first-order valence-electron chi connectivity index (χ1n) is 9.60. The molecule has 2 aromatic heterocycles. The highest BCUT2D eigenvalue weighted by atomic mass is 19.1. The molecule has 29 heavy (non-hydrogen) atoms. The Balaban J connectivity index is 1.59. The van der Waals surface area contributed by atoms with E-state index in [9.17, 15) is 9.18 Å². The van der Waals surface area contributed by atoms with Crippen LogP contribution in [0.5, 0.6) is 5.75 Å². The predicted octanol–water partition coefficient (Wildman–Crippen LogP) is 2.35. The van der Waals surface area contributed by atoms with Crippen LogP contribution >= 0.6 is 0 Å². The van der Waals surface area contributed by atoms with Crippen molar-refractivity contribution in [2.45, 2.75) is 26.3 Å². The Labute approximate surface area is 167 Å². The van der Waals surface area contributed by atoms with Gasteiger partial charge in [-0.2, -0.15) is 10.1 Å². The zero-order valence-electron chi connectivity index (χ0n) is 17.1. The summed E-state index contributed by atoms with van der Waals surface area (Å²) in [6.07, 6.45) is 1.56. The lowest BCUT2D eigenvalue weighted by atomic mass is 10.1. The number of H-pyrrole nitrogens is 1. The van der Waals surface area contributed by atoms with Gasteiger partial charge >= 0.3 is 0 Å². The third-order valence-electron chi connectivity index (χ3n) is 5.12. The van der Waals surface area contributed by atoms with Crippen LogP contribution in [-0.4, -0.2) is 53.0 Å². The smallest absolute Gasteiger partial charge is 0.263 e. The van der Waals surface area contributed by atoms with Gasteiger partial charge in [0.05, 0.1) is 24.5 Å². The van der Waals surface area contributed by atoms with E-state index in [0.717, 1.165) is 5.69 Å². The highest BCUT2D eigenvalue weighted by Gasteiger charge is 2.24. The summed E-state index contributed by atoms with van der Waals surface area (Å²) in [5.74, 6) is 0.731. The van der Waals surface area contributed by atoms with E-state index in [1.807, 2.05) is 25.7 Å². The molecule has 0 radical (unpaired) electrons. The van der Waals surface area contributed by atoms with Gasteiger partial charge in [-0.25, -0.2) is 9.07 Å². The number of hydrogen-bond donors (Lipinski definition) is 1. The summed E-state index contributed by atoms with van der Waals surface area (Å²) < 4.78 is 20.6. The first kappa shape index (κ1) is 19.2. The fraction of sp³-hybridized carbons (Fsp3) is 0.450. The van der Waals surface area contributed by atoms with Gasteiger partial charge in [0.2, 0.25) is 5.95 Å². The molecule has 3 heterocycles. The topological polar surface area (TPSA) is 79.3 Å². The molecular weight excluding hydrogens is 375 g/mol. The van der Waals surface area contributed by atoms with Gasteiger partial charge in [-0.3, -0.25) is 9.78 Å². The number of nitrogens with one attached hydrogen (secondary N) is 1. The molecule has 1 aliphatic heterocycles. The first-order chi connectivity index (χ1) is 13.8. The summed E-state index contributed by atoms with van der Waals surface area (Å²) in [6, 6.07) is 4.56. The Morgan fingerprint density at radius 1 is 1.14 bits per heavy atom. The highest BCUT2D eigenvalue weighted by Crippen LogP contribution is 2.30. The second-order valence-corrected chi connectivity index (χ2v) is 8.14. The minimum atomic E-state index is -0.324. The molecule has 1 aliphatic rings. The molecule has 0 saturated carbocycles. The average Bonchev–Trinajstić information content (AvgIpc) is 3.13. The molecular formula is C20H25FN6O2. The van der Waals surface area contributed by atoms with E-state index in [1.165, 1.54) is 19.2 Å². The molecule has 154 valence electrons. The minimum Gasteiger partial charge on any atom is -0.494 e. The number of ether oxygens (including phenoxy) is 1. The summed E-state index contributed by atoms with van der Waals surface area (Å²) >= 11 is 0. The molecule has 9 heteroatoms. The Morgan fingerprint density at radius 3 is 2.48 bits per heavy atom. The van der Waals surface area contributed by atoms with Gasteiger partial charge < -0.3 is 14.5 Å². The van der Waals surface area contributed by atoms with Crippen LogP contribution in [0.4, 0.5) is 16.0 Å². The maximum atomic E-state index is 13.5. The molecule has 0 spiro atoms. The van der Waals surface area contributed by atoms with Crippen LogP contribution in [0.15, 0.2) is 29.2 Å². The molecule has 1 fully saturated rings. The van der Waals surface area contributed by atoms with Crippen LogP contribution in [0.25, 0.3) is 11.0 Å². The Morgan fingerprint density at radius 2 is 1.83 bits per heavy atom. The molecule has 0 bridgehead atoms. The van der Waals surface area contributed by atoms with Crippen molar-refractivity contribution in [3.8, 4) is 5.75 Å². The van der Waals surface area contributed by atoms with Crippen LogP contribution in [0.2, 0.25) is 0 Å². The molecule has 1 N–H and O–H groups in total. The molecule has 0 atom stereocenters. The van der Waals surface area contributed by atoms with E-state index in [2.05, 4.69) is 15.0 Å². The molecule has 0 aliphatic carbocycles. The SMILES string of the molecule is COc1cc(F)ccc1N1CCN(c2nc3c(cnn3C(C)(C)C)c(=O)[nH]2)CC1. The Bertz CT molecular complexity index is 1090. The molecule has 1 aromatic carbocycles. The van der Waals surface area contributed by atoms with Crippen LogP contribution in [0.3, 0.4) is 0 Å². The Kier molecular flexibility index (Phi) is 4.68. The van der Waals surface area contributed by atoms with Crippen molar-refractivity contribution in [2.75, 3.05) is 43.1 Å². The quantitative estimate of drug-likeness (QED) is 0.727. The lowest BCUT2D eigenvalue weighted by molar-refractivity contribution is 0.366. The largest absolute Gasteiger partial charge is 0.494 e. The van der Waals surface area contributed by atoms with Crippen molar-refractivity contribution < 1.29 is 9.13 Å². The zero-order chi connectivity index (χ0) is 20.8. The standard InChI is InChI=1S/C20H25FN6O2/c1-20(2,3)27-17-14(12-22-27)18(28)24-19(23-17)26-9-7-25(8-10-26)15-6-5-13(21)11-16(15)29-4/h5-6,11-12H,7-10H2,1-4H3,(H,23,24,28). The van der Waals surface area contributed by atoms with Crippen molar-refractivity contribution in [3.63, 3.8) is 0 Å². The third-order valence-corrected chi connectivity index (χ3v) is 5.12. The molecule has 1 saturated heterocycles. The van der Waals surface area contributed by atoms with Crippen LogP contribution in [0, 0.1) is 5.82 Å². The number of piperazine rings is 1. The van der Waals surface area contributed by atoms with E-state index in [0.29, 0.717) is 48.9 Å². The van der Waals surface area contributed by atoms with Crippen molar-refractivity contribution in [2.24, 2.45) is 0 Å². The maximum Gasteiger partial charge on any atom is 0.263 e. The summed E-state index contributed by atoms with van der Waals surface area (Å²) in [7, 11) is 1.54. The van der Waals surface area contributed by atoms with E-state index in [-0.39, 0.29) is 16.9 Å². The normalized spacial score (nSPS) is 15.2. The van der Waals surface area contributed by atoms with Crippen LogP contribution in [0.1, 0.15) is 20.8 Å². The molecule has 0 amide bonds. The van der Waals surface area contributed by atoms with Gasteiger partial charge in [-0.1, -0.05) is 0 Å². The number of nitrogens with zero attached hydrogens (tertiary/aromatic N) is 5.